The molecule has 0 aliphatic carbocycles. The third-order valence-electron chi connectivity index (χ3n) is 0.209. The molecular formula is C4H5ClSn. The van der Waals surface area contributed by atoms with Gasteiger partial charge in [-0.25, -0.2) is 0 Å². The van der Waals surface area contributed by atoms with Crippen molar-refractivity contribution in [3.8, 4) is 0 Å². The molecule has 6 heavy (non-hydrogen) atoms. The van der Waals surface area contributed by atoms with Gasteiger partial charge in [-0.15, -0.1) is 0 Å². The number of allylic oxidation sites excluding steroid dienone is 2. The van der Waals surface area contributed by atoms with Crippen molar-refractivity contribution in [3.63, 3.8) is 0 Å². The van der Waals surface area contributed by atoms with Gasteiger partial charge in [-0.1, -0.05) is 30.3 Å². The van der Waals surface area contributed by atoms with Gasteiger partial charge in [0, 0.05) is 29.4 Å². The SMILES string of the molecule is C=CC=CCl.[Sn]. The smallest absolute Gasteiger partial charge is 0.00422 e. The summed E-state index contributed by atoms with van der Waals surface area (Å²) in [5.41, 5.74) is 1.41. The fourth-order valence-electron chi connectivity index (χ4n) is 0.0514. The van der Waals surface area contributed by atoms with Gasteiger partial charge in [-0.05, 0) is 0 Å². The Morgan fingerprint density at radius 3 is 2.00 bits per heavy atom. The van der Waals surface area contributed by atoms with Gasteiger partial charge < -0.3 is 0 Å². The number of rotatable bonds is 1. The summed E-state index contributed by atoms with van der Waals surface area (Å²) in [6.45, 7) is 3.38. The summed E-state index contributed by atoms with van der Waals surface area (Å²) in [5, 5.41) is 0. The monoisotopic (exact) mass is 208 g/mol. The summed E-state index contributed by atoms with van der Waals surface area (Å²) < 4.78 is 0. The van der Waals surface area contributed by atoms with Crippen molar-refractivity contribution >= 4 is 35.5 Å². The molecule has 0 rings (SSSR count). The number of halogens is 1. The van der Waals surface area contributed by atoms with E-state index in [0.29, 0.717) is 0 Å². The van der Waals surface area contributed by atoms with Gasteiger partial charge in [0.25, 0.3) is 0 Å². The van der Waals surface area contributed by atoms with Gasteiger partial charge in [0.1, 0.15) is 0 Å². The average molecular weight is 207 g/mol. The van der Waals surface area contributed by atoms with Crippen molar-refractivity contribution in [2.75, 3.05) is 0 Å². The molecule has 0 fully saturated rings. The Hall–Kier alpha value is 0.569. The van der Waals surface area contributed by atoms with Gasteiger partial charge in [-0.3, -0.25) is 0 Å². The van der Waals surface area contributed by atoms with Crippen LogP contribution in [0.25, 0.3) is 0 Å². The standard InChI is InChI=1S/C4H5Cl.Sn/c1-2-3-4-5;/h2-4H,1H2;. The first-order valence-corrected chi connectivity index (χ1v) is 1.73. The molecule has 2 heteroatoms. The van der Waals surface area contributed by atoms with Crippen molar-refractivity contribution in [3.05, 3.63) is 24.3 Å². The molecule has 0 aromatic carbocycles. The van der Waals surface area contributed by atoms with Crippen LogP contribution in [0.4, 0.5) is 0 Å². The second kappa shape index (κ2) is 9.13. The molecule has 0 aromatic heterocycles. The summed E-state index contributed by atoms with van der Waals surface area (Å²) in [5.74, 6) is 0. The fourth-order valence-corrected chi connectivity index (χ4v) is 0.154. The van der Waals surface area contributed by atoms with Crippen LogP contribution in [0.2, 0.25) is 0 Å². The molecule has 32 valence electrons. The van der Waals surface area contributed by atoms with Gasteiger partial charge >= 0.3 is 0 Å². The molecule has 0 nitrogen and oxygen atoms in total. The third kappa shape index (κ3) is 8.82. The molecular weight excluding hydrogens is 202 g/mol. The quantitative estimate of drug-likeness (QED) is 0.452. The molecule has 0 aliphatic rings. The van der Waals surface area contributed by atoms with Gasteiger partial charge in [0.05, 0.1) is 0 Å². The van der Waals surface area contributed by atoms with E-state index in [9.17, 15) is 0 Å². The molecule has 0 amide bonds. The molecule has 0 N–H and O–H groups in total. The van der Waals surface area contributed by atoms with Crippen LogP contribution in [0.3, 0.4) is 0 Å². The van der Waals surface area contributed by atoms with E-state index in [2.05, 4.69) is 6.58 Å². The summed E-state index contributed by atoms with van der Waals surface area (Å²) in [6, 6.07) is 0. The molecule has 0 saturated heterocycles. The van der Waals surface area contributed by atoms with Gasteiger partial charge in [0.15, 0.2) is 0 Å². The zero-order valence-corrected chi connectivity index (χ0v) is 6.93. The minimum Gasteiger partial charge on any atom is -0.0990 e. The molecule has 0 bridgehead atoms. The maximum Gasteiger partial charge on any atom is 0.00422 e. The van der Waals surface area contributed by atoms with Crippen LogP contribution in [0, 0.1) is 0 Å². The Labute approximate surface area is 59.8 Å². The maximum atomic E-state index is 5.05. The maximum absolute atomic E-state index is 5.05. The summed E-state index contributed by atoms with van der Waals surface area (Å²) in [6.07, 6.45) is 3.27. The minimum absolute atomic E-state index is 0. The van der Waals surface area contributed by atoms with E-state index in [-0.39, 0.29) is 23.9 Å². The predicted octanol–water partition coefficient (Wildman–Crippen LogP) is 1.54. The fraction of sp³-hybridized carbons (Fsp3) is 0. The average Bonchev–Trinajstić information content (AvgIpc) is 1.41. The molecule has 0 saturated carbocycles. The van der Waals surface area contributed by atoms with E-state index in [1.54, 1.807) is 12.2 Å². The largest absolute Gasteiger partial charge is 0.0990 e. The first-order chi connectivity index (χ1) is 2.41. The van der Waals surface area contributed by atoms with E-state index in [0.717, 1.165) is 0 Å². The van der Waals surface area contributed by atoms with Crippen LogP contribution in [-0.2, 0) is 0 Å². The molecule has 0 unspecified atom stereocenters. The van der Waals surface area contributed by atoms with E-state index in [1.807, 2.05) is 0 Å². The molecule has 0 spiro atoms. The molecule has 0 aliphatic heterocycles. The van der Waals surface area contributed by atoms with E-state index in [1.165, 1.54) is 5.54 Å². The third-order valence-corrected chi connectivity index (χ3v) is 0.354. The zero-order valence-electron chi connectivity index (χ0n) is 3.32. The first kappa shape index (κ1) is 9.76. The van der Waals surface area contributed by atoms with Gasteiger partial charge in [-0.2, -0.15) is 0 Å². The Morgan fingerprint density at radius 1 is 1.50 bits per heavy atom. The first-order valence-electron chi connectivity index (χ1n) is 1.29. The molecule has 0 atom stereocenters. The molecule has 4 radical (unpaired) electrons. The predicted molar refractivity (Wildman–Crippen MR) is 30.9 cm³/mol. The number of hydrogen-bond acceptors (Lipinski definition) is 0. The Kier molecular flexibility index (Phi) is 14.8. The van der Waals surface area contributed by atoms with Crippen molar-refractivity contribution in [2.45, 2.75) is 0 Å². The minimum atomic E-state index is 0. The zero-order chi connectivity index (χ0) is 4.12. The summed E-state index contributed by atoms with van der Waals surface area (Å²) in [7, 11) is 0. The van der Waals surface area contributed by atoms with Crippen LogP contribution in [0.5, 0.6) is 0 Å². The van der Waals surface area contributed by atoms with E-state index >= 15 is 0 Å². The van der Waals surface area contributed by atoms with Crippen molar-refractivity contribution in [2.24, 2.45) is 0 Å². The number of hydrogen-bond donors (Lipinski definition) is 0. The molecule has 0 heterocycles. The van der Waals surface area contributed by atoms with Crippen LogP contribution in [0.1, 0.15) is 0 Å². The van der Waals surface area contributed by atoms with Crippen molar-refractivity contribution in [1.82, 2.24) is 0 Å². The Balaban J connectivity index is 0. The van der Waals surface area contributed by atoms with Crippen molar-refractivity contribution < 1.29 is 0 Å². The van der Waals surface area contributed by atoms with Crippen LogP contribution < -0.4 is 0 Å². The summed E-state index contributed by atoms with van der Waals surface area (Å²) in [4.78, 5) is 0. The van der Waals surface area contributed by atoms with Crippen LogP contribution in [-0.4, -0.2) is 23.9 Å². The normalized spacial score (nSPS) is 7.50. The second-order valence-electron chi connectivity index (χ2n) is 0.554. The van der Waals surface area contributed by atoms with Crippen LogP contribution >= 0.6 is 11.6 Å². The Morgan fingerprint density at radius 2 is 2.00 bits per heavy atom. The Bertz CT molecular complexity index is 49.5. The van der Waals surface area contributed by atoms with Crippen LogP contribution in [0.15, 0.2) is 24.3 Å². The van der Waals surface area contributed by atoms with Crippen molar-refractivity contribution in [1.29, 1.82) is 0 Å². The van der Waals surface area contributed by atoms with E-state index in [4.69, 9.17) is 11.6 Å². The van der Waals surface area contributed by atoms with Gasteiger partial charge in [0.2, 0.25) is 0 Å². The van der Waals surface area contributed by atoms with E-state index < -0.39 is 0 Å². The topological polar surface area (TPSA) is 0 Å². The second-order valence-corrected chi connectivity index (χ2v) is 0.806. The summed E-state index contributed by atoms with van der Waals surface area (Å²) >= 11 is 5.05. The molecule has 0 aromatic rings.